The van der Waals surface area contributed by atoms with Crippen molar-refractivity contribution in [1.29, 1.82) is 0 Å². The van der Waals surface area contributed by atoms with Crippen LogP contribution in [-0.4, -0.2) is 19.0 Å². The molecule has 0 aliphatic heterocycles. The highest BCUT2D eigenvalue weighted by atomic mass is 32.2. The van der Waals surface area contributed by atoms with E-state index in [1.54, 1.807) is 60.7 Å². The summed E-state index contributed by atoms with van der Waals surface area (Å²) in [5.74, 6) is 0. The number of nitrogens with zero attached hydrogens (tertiary/aromatic N) is 1. The van der Waals surface area contributed by atoms with E-state index in [0.717, 1.165) is 5.06 Å². The minimum absolute atomic E-state index is 0.106. The Labute approximate surface area is 132 Å². The lowest BCUT2D eigenvalue weighted by atomic mass is 10.2. The third-order valence-electron chi connectivity index (χ3n) is 2.89. The third kappa shape index (κ3) is 5.05. The minimum atomic E-state index is -5.71. The third-order valence-corrected chi connectivity index (χ3v) is 3.86. The molecule has 0 amide bonds. The van der Waals surface area contributed by atoms with Crippen LogP contribution < -0.4 is 0 Å². The highest BCUT2D eigenvalue weighted by molar-refractivity contribution is 7.87. The molecule has 0 saturated carbocycles. The molecule has 2 rings (SSSR count). The van der Waals surface area contributed by atoms with E-state index < -0.39 is 15.6 Å². The topological polar surface area (TPSA) is 46.6 Å². The summed E-state index contributed by atoms with van der Waals surface area (Å²) in [5, 5.41) is 0.771. The zero-order valence-corrected chi connectivity index (χ0v) is 12.7. The molecule has 23 heavy (non-hydrogen) atoms. The van der Waals surface area contributed by atoms with Crippen molar-refractivity contribution in [3.63, 3.8) is 0 Å². The zero-order chi connectivity index (χ0) is 16.9. The Balaban J connectivity index is 2.21. The van der Waals surface area contributed by atoms with Gasteiger partial charge in [-0.25, -0.2) is 0 Å². The van der Waals surface area contributed by atoms with Crippen molar-refractivity contribution in [2.45, 2.75) is 18.6 Å². The second-order valence-corrected chi connectivity index (χ2v) is 6.26. The van der Waals surface area contributed by atoms with E-state index in [-0.39, 0.29) is 13.1 Å². The van der Waals surface area contributed by atoms with Gasteiger partial charge in [0, 0.05) is 0 Å². The van der Waals surface area contributed by atoms with Gasteiger partial charge in [-0.3, -0.25) is 0 Å². The molecule has 2 aromatic rings. The van der Waals surface area contributed by atoms with Gasteiger partial charge in [-0.2, -0.15) is 30.9 Å². The average molecular weight is 345 g/mol. The maximum absolute atomic E-state index is 12.5. The first-order valence-electron chi connectivity index (χ1n) is 6.61. The molecule has 8 heteroatoms. The number of benzene rings is 2. The van der Waals surface area contributed by atoms with Crippen LogP contribution >= 0.6 is 0 Å². The number of hydrogen-bond acceptors (Lipinski definition) is 4. The molecule has 0 unspecified atom stereocenters. The molecule has 4 nitrogen and oxygen atoms in total. The highest BCUT2D eigenvalue weighted by Crippen LogP contribution is 2.26. The van der Waals surface area contributed by atoms with Gasteiger partial charge in [0.1, 0.15) is 0 Å². The van der Waals surface area contributed by atoms with E-state index in [1.165, 1.54) is 0 Å². The van der Waals surface area contributed by atoms with Gasteiger partial charge in [0.25, 0.3) is 0 Å². The van der Waals surface area contributed by atoms with Gasteiger partial charge < -0.3 is 0 Å². The van der Waals surface area contributed by atoms with Crippen LogP contribution in [0.2, 0.25) is 0 Å². The molecular formula is C15H14F3NO3S. The Morgan fingerprint density at radius 3 is 1.57 bits per heavy atom. The standard InChI is InChI=1S/C15H14F3NO3S/c16-15(17,18)23(20,21)22-19(11-13-7-3-1-4-8-13)12-14-9-5-2-6-10-14/h1-10H,11-12H2. The Kier molecular flexibility index (Phi) is 5.40. The summed E-state index contributed by atoms with van der Waals surface area (Å²) in [6, 6.07) is 17.0. The largest absolute Gasteiger partial charge is 0.524 e. The Morgan fingerprint density at radius 1 is 0.826 bits per heavy atom. The lowest BCUT2D eigenvalue weighted by Gasteiger charge is -2.22. The van der Waals surface area contributed by atoms with Crippen LogP contribution in [0.1, 0.15) is 11.1 Å². The summed E-state index contributed by atoms with van der Waals surface area (Å²) >= 11 is 0. The summed E-state index contributed by atoms with van der Waals surface area (Å²) in [5.41, 5.74) is -4.22. The number of halogens is 3. The molecule has 0 N–H and O–H groups in total. The lowest BCUT2D eigenvalue weighted by molar-refractivity contribution is -0.111. The van der Waals surface area contributed by atoms with E-state index in [4.69, 9.17) is 0 Å². The molecule has 0 radical (unpaired) electrons. The van der Waals surface area contributed by atoms with Crippen molar-refractivity contribution in [2.75, 3.05) is 0 Å². The van der Waals surface area contributed by atoms with Gasteiger partial charge in [-0.1, -0.05) is 60.7 Å². The molecule has 0 aromatic heterocycles. The van der Waals surface area contributed by atoms with Gasteiger partial charge in [-0.15, -0.1) is 0 Å². The Morgan fingerprint density at radius 2 is 1.22 bits per heavy atom. The molecule has 0 spiro atoms. The smallest absolute Gasteiger partial charge is 0.188 e. The molecule has 2 aromatic carbocycles. The Hall–Kier alpha value is -1.90. The predicted octanol–water partition coefficient (Wildman–Crippen LogP) is 3.47. The molecule has 0 bridgehead atoms. The fourth-order valence-electron chi connectivity index (χ4n) is 1.86. The van der Waals surface area contributed by atoms with E-state index in [9.17, 15) is 21.6 Å². The zero-order valence-electron chi connectivity index (χ0n) is 11.9. The van der Waals surface area contributed by atoms with E-state index >= 15 is 0 Å². The first kappa shape index (κ1) is 17.5. The fourth-order valence-corrected chi connectivity index (χ4v) is 2.33. The number of hydroxylamine groups is 2. The number of alkyl halides is 3. The summed E-state index contributed by atoms with van der Waals surface area (Å²) in [4.78, 5) is 0. The van der Waals surface area contributed by atoms with E-state index in [2.05, 4.69) is 4.28 Å². The quantitative estimate of drug-likeness (QED) is 0.594. The van der Waals surface area contributed by atoms with E-state index in [1.807, 2.05) is 0 Å². The van der Waals surface area contributed by atoms with Gasteiger partial charge in [0.15, 0.2) is 0 Å². The van der Waals surface area contributed by atoms with Crippen LogP contribution in [0.4, 0.5) is 13.2 Å². The van der Waals surface area contributed by atoms with Crippen molar-refractivity contribution in [1.82, 2.24) is 5.06 Å². The van der Waals surface area contributed by atoms with Crippen molar-refractivity contribution < 1.29 is 25.9 Å². The van der Waals surface area contributed by atoms with Crippen LogP contribution in [0.25, 0.3) is 0 Å². The van der Waals surface area contributed by atoms with Gasteiger partial charge in [0.2, 0.25) is 0 Å². The predicted molar refractivity (Wildman–Crippen MR) is 78.2 cm³/mol. The first-order valence-corrected chi connectivity index (χ1v) is 8.02. The molecule has 0 atom stereocenters. The SMILES string of the molecule is O=S(=O)(ON(Cc1ccccc1)Cc1ccccc1)C(F)(F)F. The normalized spacial score (nSPS) is 12.5. The van der Waals surface area contributed by atoms with Crippen LogP contribution in [0.3, 0.4) is 0 Å². The highest BCUT2D eigenvalue weighted by Gasteiger charge is 2.48. The minimum Gasteiger partial charge on any atom is -0.188 e. The summed E-state index contributed by atoms with van der Waals surface area (Å²) in [6.07, 6.45) is 0. The maximum Gasteiger partial charge on any atom is 0.524 e. The molecule has 0 aliphatic rings. The van der Waals surface area contributed by atoms with Gasteiger partial charge in [-0.05, 0) is 11.1 Å². The molecule has 0 fully saturated rings. The van der Waals surface area contributed by atoms with Crippen molar-refractivity contribution >= 4 is 10.1 Å². The number of rotatable bonds is 6. The lowest BCUT2D eigenvalue weighted by Crippen LogP contribution is -2.34. The number of hydrogen-bond donors (Lipinski definition) is 0. The second-order valence-electron chi connectivity index (χ2n) is 4.74. The molecule has 124 valence electrons. The van der Waals surface area contributed by atoms with Gasteiger partial charge in [0.05, 0.1) is 13.1 Å². The van der Waals surface area contributed by atoms with Gasteiger partial charge >= 0.3 is 15.6 Å². The molecular weight excluding hydrogens is 331 g/mol. The van der Waals surface area contributed by atoms with Crippen molar-refractivity contribution in [3.05, 3.63) is 71.8 Å². The Bertz CT molecular complexity index is 677. The first-order chi connectivity index (χ1) is 10.8. The summed E-state index contributed by atoms with van der Waals surface area (Å²) in [6.45, 7) is -0.212. The molecule has 0 heterocycles. The monoisotopic (exact) mass is 345 g/mol. The summed E-state index contributed by atoms with van der Waals surface area (Å²) < 4.78 is 64.4. The maximum atomic E-state index is 12.5. The molecule has 0 aliphatic carbocycles. The fraction of sp³-hybridized carbons (Fsp3) is 0.200. The van der Waals surface area contributed by atoms with E-state index in [0.29, 0.717) is 11.1 Å². The van der Waals surface area contributed by atoms with Crippen LogP contribution in [0.15, 0.2) is 60.7 Å². The molecule has 0 saturated heterocycles. The van der Waals surface area contributed by atoms with Crippen LogP contribution in [0.5, 0.6) is 0 Å². The van der Waals surface area contributed by atoms with Crippen molar-refractivity contribution in [2.24, 2.45) is 0 Å². The van der Waals surface area contributed by atoms with Crippen LogP contribution in [0, 0.1) is 0 Å². The second kappa shape index (κ2) is 7.12. The van der Waals surface area contributed by atoms with Crippen molar-refractivity contribution in [3.8, 4) is 0 Å². The average Bonchev–Trinajstić information content (AvgIpc) is 2.47. The van der Waals surface area contributed by atoms with Crippen LogP contribution in [-0.2, 0) is 27.5 Å². The summed E-state index contributed by atoms with van der Waals surface area (Å²) in [7, 11) is -5.71.